The quantitative estimate of drug-likeness (QED) is 0.369. The minimum Gasteiger partial charge on any atom is -0.369 e. The highest BCUT2D eigenvalue weighted by atomic mass is 15.3. The van der Waals surface area contributed by atoms with Gasteiger partial charge in [0.05, 0.1) is 11.4 Å². The predicted molar refractivity (Wildman–Crippen MR) is 145 cm³/mol. The molecule has 1 fully saturated rings. The zero-order chi connectivity index (χ0) is 24.0. The lowest BCUT2D eigenvalue weighted by atomic mass is 10.1. The van der Waals surface area contributed by atoms with Gasteiger partial charge in [-0.2, -0.15) is 5.10 Å². The summed E-state index contributed by atoms with van der Waals surface area (Å²) in [6, 6.07) is 27.4. The van der Waals surface area contributed by atoms with Crippen LogP contribution in [-0.2, 0) is 6.54 Å². The molecule has 2 heterocycles. The standard InChI is InChI=1S/C30H35N5/c1-24-10-9-15-29(25(24)2)34-20-18-33(19-21-34)17-16-31-22-27-23-35(28-13-7-4-8-14-28)32-30(27)26-11-5-3-6-12-26/h3-15,23,31H,16-22H2,1-2H3. The van der Waals surface area contributed by atoms with E-state index in [1.807, 2.05) is 10.7 Å². The molecule has 0 bridgehead atoms. The van der Waals surface area contributed by atoms with E-state index in [9.17, 15) is 0 Å². The Bertz CT molecular complexity index is 1220. The molecule has 0 radical (unpaired) electrons. The molecule has 0 amide bonds. The van der Waals surface area contributed by atoms with Gasteiger partial charge in [0.2, 0.25) is 0 Å². The van der Waals surface area contributed by atoms with Crippen LogP contribution in [-0.4, -0.2) is 53.9 Å². The third kappa shape index (κ3) is 5.47. The Kier molecular flexibility index (Phi) is 7.26. The number of aryl methyl sites for hydroxylation is 1. The van der Waals surface area contributed by atoms with Crippen LogP contribution in [0, 0.1) is 13.8 Å². The SMILES string of the molecule is Cc1cccc(N2CCN(CCNCc3cn(-c4ccccc4)nc3-c3ccccc3)CC2)c1C. The van der Waals surface area contributed by atoms with Crippen LogP contribution in [0.1, 0.15) is 16.7 Å². The fraction of sp³-hybridized carbons (Fsp3) is 0.300. The van der Waals surface area contributed by atoms with E-state index in [-0.39, 0.29) is 0 Å². The predicted octanol–water partition coefficient (Wildman–Crippen LogP) is 5.07. The summed E-state index contributed by atoms with van der Waals surface area (Å²) >= 11 is 0. The van der Waals surface area contributed by atoms with Crippen LogP contribution in [0.3, 0.4) is 0 Å². The average molecular weight is 466 g/mol. The molecular weight excluding hydrogens is 430 g/mol. The van der Waals surface area contributed by atoms with Crippen molar-refractivity contribution in [2.75, 3.05) is 44.2 Å². The summed E-state index contributed by atoms with van der Waals surface area (Å²) in [4.78, 5) is 5.11. The van der Waals surface area contributed by atoms with E-state index in [1.54, 1.807) is 0 Å². The van der Waals surface area contributed by atoms with E-state index in [2.05, 4.69) is 108 Å². The molecule has 0 aliphatic carbocycles. The summed E-state index contributed by atoms with van der Waals surface area (Å²) in [5, 5.41) is 8.61. The second-order valence-electron chi connectivity index (χ2n) is 9.37. The number of rotatable bonds is 8. The molecule has 1 aliphatic heterocycles. The highest BCUT2D eigenvalue weighted by molar-refractivity contribution is 5.63. The fourth-order valence-corrected chi connectivity index (χ4v) is 4.84. The smallest absolute Gasteiger partial charge is 0.0972 e. The number of nitrogens with one attached hydrogen (secondary N) is 1. The Hall–Kier alpha value is -3.41. The Morgan fingerprint density at radius 3 is 2.26 bits per heavy atom. The molecule has 35 heavy (non-hydrogen) atoms. The van der Waals surface area contributed by atoms with Crippen molar-refractivity contribution in [3.63, 3.8) is 0 Å². The molecule has 0 spiro atoms. The normalized spacial score (nSPS) is 14.4. The lowest BCUT2D eigenvalue weighted by Crippen LogP contribution is -2.48. The molecule has 5 nitrogen and oxygen atoms in total. The minimum absolute atomic E-state index is 0.805. The van der Waals surface area contributed by atoms with Crippen molar-refractivity contribution in [1.29, 1.82) is 0 Å². The van der Waals surface area contributed by atoms with Gasteiger partial charge in [-0.1, -0.05) is 60.7 Å². The van der Waals surface area contributed by atoms with Crippen LogP contribution in [0.25, 0.3) is 16.9 Å². The van der Waals surface area contributed by atoms with Crippen LogP contribution in [0.5, 0.6) is 0 Å². The number of para-hydroxylation sites is 1. The molecule has 4 aromatic rings. The third-order valence-electron chi connectivity index (χ3n) is 7.07. The topological polar surface area (TPSA) is 36.3 Å². The average Bonchev–Trinajstić information content (AvgIpc) is 3.34. The summed E-state index contributed by atoms with van der Waals surface area (Å²) in [5.74, 6) is 0. The zero-order valence-corrected chi connectivity index (χ0v) is 20.8. The first kappa shape index (κ1) is 23.3. The van der Waals surface area contributed by atoms with E-state index < -0.39 is 0 Å². The van der Waals surface area contributed by atoms with Gasteiger partial charge < -0.3 is 10.2 Å². The van der Waals surface area contributed by atoms with Crippen molar-refractivity contribution < 1.29 is 0 Å². The van der Waals surface area contributed by atoms with E-state index in [1.165, 1.54) is 22.4 Å². The van der Waals surface area contributed by atoms with E-state index in [4.69, 9.17) is 5.10 Å². The Morgan fingerprint density at radius 2 is 1.51 bits per heavy atom. The van der Waals surface area contributed by atoms with Crippen molar-refractivity contribution in [3.05, 3.63) is 102 Å². The number of nitrogens with zero attached hydrogens (tertiary/aromatic N) is 4. The van der Waals surface area contributed by atoms with Gasteiger partial charge in [0.15, 0.2) is 0 Å². The monoisotopic (exact) mass is 465 g/mol. The van der Waals surface area contributed by atoms with Gasteiger partial charge in [-0.15, -0.1) is 0 Å². The van der Waals surface area contributed by atoms with Gasteiger partial charge in [0, 0.05) is 68.8 Å². The number of aromatic nitrogens is 2. The minimum atomic E-state index is 0.805. The van der Waals surface area contributed by atoms with E-state index in [0.29, 0.717) is 0 Å². The third-order valence-corrected chi connectivity index (χ3v) is 7.07. The largest absolute Gasteiger partial charge is 0.369 e. The molecule has 1 saturated heterocycles. The highest BCUT2D eigenvalue weighted by Gasteiger charge is 2.18. The maximum atomic E-state index is 4.93. The molecule has 180 valence electrons. The van der Waals surface area contributed by atoms with Crippen molar-refractivity contribution in [2.45, 2.75) is 20.4 Å². The van der Waals surface area contributed by atoms with Gasteiger partial charge in [-0.25, -0.2) is 4.68 Å². The van der Waals surface area contributed by atoms with Gasteiger partial charge in [0.25, 0.3) is 0 Å². The van der Waals surface area contributed by atoms with E-state index >= 15 is 0 Å². The Balaban J connectivity index is 1.17. The number of piperazine rings is 1. The molecule has 1 N–H and O–H groups in total. The molecular formula is C30H35N5. The molecule has 0 unspecified atom stereocenters. The Labute approximate surface area is 209 Å². The van der Waals surface area contributed by atoms with Crippen LogP contribution in [0.2, 0.25) is 0 Å². The van der Waals surface area contributed by atoms with E-state index in [0.717, 1.165) is 62.8 Å². The zero-order valence-electron chi connectivity index (χ0n) is 20.8. The van der Waals surface area contributed by atoms with Crippen LogP contribution >= 0.6 is 0 Å². The summed E-state index contributed by atoms with van der Waals surface area (Å²) < 4.78 is 1.99. The lowest BCUT2D eigenvalue weighted by Gasteiger charge is -2.37. The summed E-state index contributed by atoms with van der Waals surface area (Å²) in [6.45, 7) is 11.7. The van der Waals surface area contributed by atoms with Gasteiger partial charge in [-0.05, 0) is 43.2 Å². The van der Waals surface area contributed by atoms with Crippen molar-refractivity contribution in [2.24, 2.45) is 0 Å². The van der Waals surface area contributed by atoms with Crippen molar-refractivity contribution >= 4 is 5.69 Å². The van der Waals surface area contributed by atoms with Crippen molar-refractivity contribution in [3.8, 4) is 16.9 Å². The fourth-order valence-electron chi connectivity index (χ4n) is 4.84. The van der Waals surface area contributed by atoms with Gasteiger partial charge in [-0.3, -0.25) is 4.90 Å². The second kappa shape index (κ2) is 10.9. The molecule has 0 atom stereocenters. The second-order valence-corrected chi connectivity index (χ2v) is 9.37. The maximum Gasteiger partial charge on any atom is 0.0972 e. The lowest BCUT2D eigenvalue weighted by molar-refractivity contribution is 0.257. The summed E-state index contributed by atoms with van der Waals surface area (Å²) in [6.07, 6.45) is 2.16. The molecule has 3 aromatic carbocycles. The molecule has 5 heteroatoms. The number of benzene rings is 3. The molecule has 5 rings (SSSR count). The van der Waals surface area contributed by atoms with Gasteiger partial charge >= 0.3 is 0 Å². The van der Waals surface area contributed by atoms with Crippen molar-refractivity contribution in [1.82, 2.24) is 20.0 Å². The summed E-state index contributed by atoms with van der Waals surface area (Å²) in [7, 11) is 0. The first-order chi connectivity index (χ1) is 17.2. The molecule has 0 saturated carbocycles. The molecule has 1 aliphatic rings. The Morgan fingerprint density at radius 1 is 0.800 bits per heavy atom. The summed E-state index contributed by atoms with van der Waals surface area (Å²) in [5.41, 5.74) is 8.68. The maximum absolute atomic E-state index is 4.93. The molecule has 1 aromatic heterocycles. The first-order valence-corrected chi connectivity index (χ1v) is 12.6. The number of hydrogen-bond donors (Lipinski definition) is 1. The van der Waals surface area contributed by atoms with Crippen LogP contribution < -0.4 is 10.2 Å². The number of anilines is 1. The van der Waals surface area contributed by atoms with Gasteiger partial charge in [0.1, 0.15) is 0 Å². The highest BCUT2D eigenvalue weighted by Crippen LogP contribution is 2.25. The number of hydrogen-bond acceptors (Lipinski definition) is 4. The van der Waals surface area contributed by atoms with Crippen LogP contribution in [0.4, 0.5) is 5.69 Å². The first-order valence-electron chi connectivity index (χ1n) is 12.6. The van der Waals surface area contributed by atoms with Crippen LogP contribution in [0.15, 0.2) is 85.1 Å².